The Kier molecular flexibility index (Phi) is 4.83. The van der Waals surface area contributed by atoms with Gasteiger partial charge >= 0.3 is 0 Å². The number of aromatic amines is 1. The van der Waals surface area contributed by atoms with Crippen LogP contribution in [-0.2, 0) is 11.3 Å². The zero-order chi connectivity index (χ0) is 18.8. The molecular formula is C18H20FN5O2. The third-order valence-corrected chi connectivity index (χ3v) is 3.84. The van der Waals surface area contributed by atoms with Gasteiger partial charge in [-0.15, -0.1) is 0 Å². The summed E-state index contributed by atoms with van der Waals surface area (Å²) in [5, 5.41) is 2.87. The third kappa shape index (κ3) is 3.79. The standard InChI is InChI=1S/C18H20FN5O2/c1-11(2)8-16(25)23(14-6-4-13(19)5-7-14)10-15-21-18-20-12(3)9-17(26)24(18)22-15/h4-7,9,11H,8,10H2,1-3H3,(H,20,21,22). The van der Waals surface area contributed by atoms with Gasteiger partial charge in [0.2, 0.25) is 5.91 Å². The second-order valence-electron chi connectivity index (χ2n) is 6.60. The number of aryl methyl sites for hydroxylation is 1. The Morgan fingerprint density at radius 3 is 2.62 bits per heavy atom. The van der Waals surface area contributed by atoms with Crippen LogP contribution in [0, 0.1) is 18.7 Å². The largest absolute Gasteiger partial charge is 0.305 e. The summed E-state index contributed by atoms with van der Waals surface area (Å²) in [6, 6.07) is 7.10. The number of hydrogen-bond acceptors (Lipinski definition) is 4. The van der Waals surface area contributed by atoms with Gasteiger partial charge in [0.25, 0.3) is 11.3 Å². The Balaban J connectivity index is 1.97. The number of anilines is 1. The lowest BCUT2D eigenvalue weighted by Crippen LogP contribution is -2.31. The highest BCUT2D eigenvalue weighted by Gasteiger charge is 2.19. The molecule has 2 heterocycles. The van der Waals surface area contributed by atoms with Crippen molar-refractivity contribution in [3.63, 3.8) is 0 Å². The summed E-state index contributed by atoms with van der Waals surface area (Å²) in [4.78, 5) is 34.7. The van der Waals surface area contributed by atoms with E-state index in [0.29, 0.717) is 23.6 Å². The number of benzene rings is 1. The van der Waals surface area contributed by atoms with E-state index in [1.54, 1.807) is 19.1 Å². The lowest BCUT2D eigenvalue weighted by atomic mass is 10.1. The first-order chi connectivity index (χ1) is 12.3. The summed E-state index contributed by atoms with van der Waals surface area (Å²) < 4.78 is 14.5. The molecule has 0 radical (unpaired) electrons. The Morgan fingerprint density at radius 1 is 1.27 bits per heavy atom. The summed E-state index contributed by atoms with van der Waals surface area (Å²) >= 11 is 0. The highest BCUT2D eigenvalue weighted by Crippen LogP contribution is 2.19. The Bertz CT molecular complexity index is 991. The van der Waals surface area contributed by atoms with Gasteiger partial charge in [0.1, 0.15) is 11.6 Å². The van der Waals surface area contributed by atoms with Crippen LogP contribution in [0.3, 0.4) is 0 Å². The molecule has 1 amide bonds. The fourth-order valence-electron chi connectivity index (χ4n) is 2.66. The molecule has 26 heavy (non-hydrogen) atoms. The minimum Gasteiger partial charge on any atom is -0.305 e. The number of aromatic nitrogens is 4. The number of amides is 1. The first-order valence-corrected chi connectivity index (χ1v) is 8.34. The van der Waals surface area contributed by atoms with Crippen LogP contribution in [0.2, 0.25) is 0 Å². The molecule has 1 aromatic carbocycles. The minimum atomic E-state index is -0.375. The fourth-order valence-corrected chi connectivity index (χ4v) is 2.66. The van der Waals surface area contributed by atoms with E-state index in [2.05, 4.69) is 15.1 Å². The molecule has 0 aliphatic rings. The second kappa shape index (κ2) is 7.07. The van der Waals surface area contributed by atoms with E-state index in [4.69, 9.17) is 0 Å². The SMILES string of the molecule is Cc1cc(=O)n2[nH]c(CN(C(=O)CC(C)C)c3ccc(F)cc3)nc2n1. The van der Waals surface area contributed by atoms with Gasteiger partial charge in [-0.3, -0.25) is 14.7 Å². The predicted octanol–water partition coefficient (Wildman–Crippen LogP) is 2.44. The molecule has 0 bridgehead atoms. The zero-order valence-electron chi connectivity index (χ0n) is 14.9. The molecule has 136 valence electrons. The number of carbonyl (C=O) groups excluding carboxylic acids is 1. The fraction of sp³-hybridized carbons (Fsp3) is 0.333. The summed E-state index contributed by atoms with van der Waals surface area (Å²) in [5.74, 6) is 0.360. The second-order valence-corrected chi connectivity index (χ2v) is 6.60. The number of rotatable bonds is 5. The molecule has 0 saturated heterocycles. The molecule has 0 spiro atoms. The van der Waals surface area contributed by atoms with Gasteiger partial charge in [-0.1, -0.05) is 13.8 Å². The van der Waals surface area contributed by atoms with Crippen molar-refractivity contribution in [1.29, 1.82) is 0 Å². The van der Waals surface area contributed by atoms with Crippen LogP contribution in [-0.4, -0.2) is 25.5 Å². The highest BCUT2D eigenvalue weighted by atomic mass is 19.1. The zero-order valence-corrected chi connectivity index (χ0v) is 14.9. The Hall–Kier alpha value is -3.03. The van der Waals surface area contributed by atoms with E-state index >= 15 is 0 Å². The lowest BCUT2D eigenvalue weighted by molar-refractivity contribution is -0.119. The van der Waals surface area contributed by atoms with Crippen LogP contribution in [0.25, 0.3) is 5.78 Å². The predicted molar refractivity (Wildman–Crippen MR) is 95.4 cm³/mol. The molecule has 0 aliphatic carbocycles. The van der Waals surface area contributed by atoms with Crippen molar-refractivity contribution in [2.24, 2.45) is 5.92 Å². The van der Waals surface area contributed by atoms with E-state index in [1.165, 1.54) is 27.6 Å². The average molecular weight is 357 g/mol. The molecule has 0 atom stereocenters. The van der Waals surface area contributed by atoms with Crippen molar-refractivity contribution in [3.05, 3.63) is 58.0 Å². The van der Waals surface area contributed by atoms with Crippen molar-refractivity contribution < 1.29 is 9.18 Å². The highest BCUT2D eigenvalue weighted by molar-refractivity contribution is 5.93. The van der Waals surface area contributed by atoms with Crippen molar-refractivity contribution >= 4 is 17.4 Å². The van der Waals surface area contributed by atoms with Gasteiger partial charge in [0, 0.05) is 23.9 Å². The maximum Gasteiger partial charge on any atom is 0.274 e. The summed E-state index contributed by atoms with van der Waals surface area (Å²) in [6.07, 6.45) is 0.342. The molecule has 3 aromatic rings. The number of nitrogens with zero attached hydrogens (tertiary/aromatic N) is 4. The van der Waals surface area contributed by atoms with Gasteiger partial charge in [0.05, 0.1) is 6.54 Å². The summed E-state index contributed by atoms with van der Waals surface area (Å²) in [7, 11) is 0. The molecule has 0 saturated carbocycles. The number of fused-ring (bicyclic) bond motifs is 1. The van der Waals surface area contributed by atoms with Crippen LogP contribution in [0.4, 0.5) is 10.1 Å². The van der Waals surface area contributed by atoms with Crippen molar-refractivity contribution in [2.75, 3.05) is 4.90 Å². The molecular weight excluding hydrogens is 337 g/mol. The van der Waals surface area contributed by atoms with Crippen LogP contribution < -0.4 is 10.5 Å². The van der Waals surface area contributed by atoms with Crippen LogP contribution >= 0.6 is 0 Å². The number of halogens is 1. The van der Waals surface area contributed by atoms with Crippen LogP contribution in [0.5, 0.6) is 0 Å². The third-order valence-electron chi connectivity index (χ3n) is 3.84. The maximum absolute atomic E-state index is 13.2. The van der Waals surface area contributed by atoms with E-state index in [-0.39, 0.29) is 35.5 Å². The number of nitrogens with one attached hydrogen (secondary N) is 1. The smallest absolute Gasteiger partial charge is 0.274 e. The van der Waals surface area contributed by atoms with Gasteiger partial charge in [-0.25, -0.2) is 9.37 Å². The minimum absolute atomic E-state index is 0.108. The van der Waals surface area contributed by atoms with Gasteiger partial charge < -0.3 is 4.90 Å². The molecule has 0 unspecified atom stereocenters. The lowest BCUT2D eigenvalue weighted by Gasteiger charge is -2.22. The van der Waals surface area contributed by atoms with Crippen LogP contribution in [0.1, 0.15) is 31.8 Å². The topological polar surface area (TPSA) is 83.4 Å². The molecule has 2 aromatic heterocycles. The quantitative estimate of drug-likeness (QED) is 0.760. The summed E-state index contributed by atoms with van der Waals surface area (Å²) in [6.45, 7) is 5.74. The average Bonchev–Trinajstić information content (AvgIpc) is 2.96. The number of carbonyl (C=O) groups is 1. The Morgan fingerprint density at radius 2 is 1.96 bits per heavy atom. The van der Waals surface area contributed by atoms with Gasteiger partial charge in [-0.2, -0.15) is 9.50 Å². The van der Waals surface area contributed by atoms with E-state index in [1.807, 2.05) is 13.8 Å². The monoisotopic (exact) mass is 357 g/mol. The molecule has 0 fully saturated rings. The van der Waals surface area contributed by atoms with Gasteiger partial charge in [0.15, 0.2) is 0 Å². The van der Waals surface area contributed by atoms with E-state index in [0.717, 1.165) is 0 Å². The molecule has 8 heteroatoms. The van der Waals surface area contributed by atoms with E-state index in [9.17, 15) is 14.0 Å². The summed E-state index contributed by atoms with van der Waals surface area (Å²) in [5.41, 5.74) is 0.862. The maximum atomic E-state index is 13.2. The molecule has 7 nitrogen and oxygen atoms in total. The number of H-pyrrole nitrogens is 1. The van der Waals surface area contributed by atoms with Crippen molar-refractivity contribution in [3.8, 4) is 0 Å². The molecule has 3 rings (SSSR count). The Labute approximate surface area is 149 Å². The first kappa shape index (κ1) is 17.8. The van der Waals surface area contributed by atoms with E-state index < -0.39 is 0 Å². The molecule has 0 aliphatic heterocycles. The van der Waals surface area contributed by atoms with Crippen molar-refractivity contribution in [1.82, 2.24) is 19.6 Å². The number of hydrogen-bond donors (Lipinski definition) is 1. The molecule has 1 N–H and O–H groups in total. The normalized spacial score (nSPS) is 11.3. The first-order valence-electron chi connectivity index (χ1n) is 8.34. The van der Waals surface area contributed by atoms with Crippen LogP contribution in [0.15, 0.2) is 35.1 Å². The van der Waals surface area contributed by atoms with Crippen molar-refractivity contribution in [2.45, 2.75) is 33.7 Å². The van der Waals surface area contributed by atoms with Gasteiger partial charge in [-0.05, 0) is 37.1 Å².